The molecule has 140 valence electrons. The summed E-state index contributed by atoms with van der Waals surface area (Å²) in [5.41, 5.74) is -5.65. The zero-order valence-corrected chi connectivity index (χ0v) is 18.7. The summed E-state index contributed by atoms with van der Waals surface area (Å²) >= 11 is 0. The van der Waals surface area contributed by atoms with Gasteiger partial charge in [0, 0.05) is 20.1 Å². The van der Waals surface area contributed by atoms with Crippen LogP contribution in [0.2, 0.25) is 0 Å². The molecule has 0 unspecified atom stereocenters. The first-order valence-corrected chi connectivity index (χ1v) is 10.5. The molecule has 0 aliphatic heterocycles. The van der Waals surface area contributed by atoms with Crippen LogP contribution in [0, 0.1) is 29.6 Å². The summed E-state index contributed by atoms with van der Waals surface area (Å²) < 4.78 is 58.9. The van der Waals surface area contributed by atoms with Gasteiger partial charge in [-0.05, 0) is 49.6 Å². The Hall–Kier alpha value is 0.779. The predicted molar refractivity (Wildman–Crippen MR) is 85.0 cm³/mol. The zero-order valence-electron chi connectivity index (χ0n) is 14.5. The summed E-state index contributed by atoms with van der Waals surface area (Å²) in [6.45, 7) is 17.7. The van der Waals surface area contributed by atoms with Gasteiger partial charge in [-0.1, -0.05) is 34.6 Å². The average Bonchev–Trinajstić information content (AvgIpc) is 2.45. The normalized spacial score (nSPS) is 18.8. The first-order valence-electron chi connectivity index (χ1n) is 6.36. The van der Waals surface area contributed by atoms with Gasteiger partial charge in [-0.15, -0.1) is 7.92 Å². The Morgan fingerprint density at radius 2 is 0.870 bits per heavy atom. The maximum absolute atomic E-state index is 10.7. The number of hydrogen-bond acceptors (Lipinski definition) is 3. The molecule has 0 aromatic rings. The molecule has 6 radical (unpaired) electrons. The Morgan fingerprint density at radius 1 is 0.783 bits per heavy atom. The van der Waals surface area contributed by atoms with E-state index in [1.807, 2.05) is 0 Å². The minimum Gasteiger partial charge on any atom is -0.741 e. The second kappa shape index (κ2) is 11.4. The molecule has 0 N–H and O–H groups in total. The number of hydrogen-bond donors (Lipinski definition) is 0. The van der Waals surface area contributed by atoms with Gasteiger partial charge < -0.3 is 4.55 Å². The Balaban J connectivity index is -0.000000279. The van der Waals surface area contributed by atoms with Crippen molar-refractivity contribution in [1.29, 1.82) is 0 Å². The fraction of sp³-hybridized carbons (Fsp3) is 0.643. The van der Waals surface area contributed by atoms with E-state index in [4.69, 9.17) is 13.0 Å². The van der Waals surface area contributed by atoms with E-state index in [0.29, 0.717) is 7.92 Å². The van der Waals surface area contributed by atoms with Crippen LogP contribution in [0.25, 0.3) is 0 Å². The van der Waals surface area contributed by atoms with Gasteiger partial charge in [-0.25, -0.2) is 8.42 Å². The Kier molecular flexibility index (Phi) is 14.2. The number of rotatable bonds is 0. The first-order chi connectivity index (χ1) is 9.54. The van der Waals surface area contributed by atoms with Gasteiger partial charge in [-0.3, -0.25) is 0 Å². The molecule has 0 bridgehead atoms. The van der Waals surface area contributed by atoms with E-state index in [0.717, 1.165) is 0 Å². The molecule has 1 fully saturated rings. The fourth-order valence-corrected chi connectivity index (χ4v) is 1.41. The van der Waals surface area contributed by atoms with Gasteiger partial charge in [0.15, 0.2) is 10.1 Å². The molecule has 1 saturated carbocycles. The first kappa shape index (κ1) is 28.6. The molecule has 0 saturated heterocycles. The summed E-state index contributed by atoms with van der Waals surface area (Å²) in [7, 11) is -5.71. The van der Waals surface area contributed by atoms with E-state index in [9.17, 15) is 13.2 Å². The minimum absolute atomic E-state index is 0. The molecule has 0 atom stereocenters. The van der Waals surface area contributed by atoms with Crippen molar-refractivity contribution in [1.82, 2.24) is 0 Å². The van der Waals surface area contributed by atoms with Gasteiger partial charge >= 0.3 is 5.51 Å². The van der Waals surface area contributed by atoms with Crippen LogP contribution < -0.4 is 0 Å². The Labute approximate surface area is 154 Å². The van der Waals surface area contributed by atoms with Crippen molar-refractivity contribution in [2.75, 3.05) is 20.0 Å². The molecule has 0 aromatic carbocycles. The maximum Gasteiger partial charge on any atom is 0.485 e. The SMILES string of the molecule is CP(C)C.C[C]1[C](C)[C](C)[C](C)[C]1C.O=S(=O)([O-])C(F)(F)F.[Ir]. The zero-order chi connectivity index (χ0) is 18.5. The number of halogens is 3. The average molecular weight is 553 g/mol. The third-order valence-corrected chi connectivity index (χ3v) is 3.66. The standard InChI is InChI=1S/C10H15.C3H9P.CHF3O3S.Ir/c1-6-7(2)9(4)10(5)8(6)3;1-4(2)3;2-1(3,4)8(5,6)7;/h1-5H3;1-3H3;(H,5,6,7);/p-1. The van der Waals surface area contributed by atoms with Crippen LogP contribution in [0.1, 0.15) is 34.6 Å². The van der Waals surface area contributed by atoms with Crippen molar-refractivity contribution < 1.29 is 46.2 Å². The topological polar surface area (TPSA) is 57.2 Å². The Bertz CT molecular complexity index is 368. The molecular formula is C14H24F3IrO3PS-. The summed E-state index contributed by atoms with van der Waals surface area (Å²) in [6, 6.07) is 0. The molecule has 0 heterocycles. The predicted octanol–water partition coefficient (Wildman–Crippen LogP) is 4.38. The molecule has 9 heteroatoms. The molecule has 23 heavy (non-hydrogen) atoms. The van der Waals surface area contributed by atoms with Gasteiger partial charge in [0.1, 0.15) is 0 Å². The van der Waals surface area contributed by atoms with Crippen molar-refractivity contribution in [3.05, 3.63) is 29.6 Å². The molecule has 0 aromatic heterocycles. The fourth-order valence-electron chi connectivity index (χ4n) is 1.41. The number of alkyl halides is 3. The summed E-state index contributed by atoms with van der Waals surface area (Å²) in [4.78, 5) is 0. The van der Waals surface area contributed by atoms with Gasteiger partial charge in [0.25, 0.3) is 0 Å². The van der Waals surface area contributed by atoms with E-state index < -0.39 is 15.6 Å². The van der Waals surface area contributed by atoms with Crippen LogP contribution in [-0.4, -0.2) is 38.5 Å². The quantitative estimate of drug-likeness (QED) is 0.255. The van der Waals surface area contributed by atoms with E-state index in [-0.39, 0.29) is 20.1 Å². The molecular weight excluding hydrogens is 528 g/mol. The summed E-state index contributed by atoms with van der Waals surface area (Å²) in [5, 5.41) is 0. The van der Waals surface area contributed by atoms with Crippen LogP contribution in [0.3, 0.4) is 0 Å². The second-order valence-electron chi connectivity index (χ2n) is 5.37. The summed E-state index contributed by atoms with van der Waals surface area (Å²) in [6.07, 6.45) is 0. The third-order valence-electron chi connectivity index (χ3n) is 3.10. The Morgan fingerprint density at radius 3 is 0.913 bits per heavy atom. The van der Waals surface area contributed by atoms with Crippen LogP contribution in [0.5, 0.6) is 0 Å². The van der Waals surface area contributed by atoms with Crippen LogP contribution in [0.4, 0.5) is 13.2 Å². The molecule has 3 nitrogen and oxygen atoms in total. The van der Waals surface area contributed by atoms with Crippen LogP contribution in [-0.2, 0) is 30.2 Å². The minimum atomic E-state index is -6.09. The van der Waals surface area contributed by atoms with Crippen LogP contribution >= 0.6 is 7.92 Å². The van der Waals surface area contributed by atoms with Crippen LogP contribution in [0.15, 0.2) is 0 Å². The molecule has 1 aliphatic rings. The van der Waals surface area contributed by atoms with E-state index in [1.54, 1.807) is 0 Å². The van der Waals surface area contributed by atoms with Gasteiger partial charge in [-0.2, -0.15) is 13.2 Å². The van der Waals surface area contributed by atoms with Crippen molar-refractivity contribution in [3.8, 4) is 0 Å². The molecule has 1 aliphatic carbocycles. The van der Waals surface area contributed by atoms with Crippen molar-refractivity contribution in [3.63, 3.8) is 0 Å². The largest absolute Gasteiger partial charge is 0.741 e. The van der Waals surface area contributed by atoms with E-state index >= 15 is 0 Å². The van der Waals surface area contributed by atoms with Crippen molar-refractivity contribution >= 4 is 18.0 Å². The van der Waals surface area contributed by atoms with Gasteiger partial charge in [0.2, 0.25) is 0 Å². The van der Waals surface area contributed by atoms with E-state index in [1.165, 1.54) is 29.6 Å². The second-order valence-corrected chi connectivity index (χ2v) is 9.42. The monoisotopic (exact) mass is 553 g/mol. The smallest absolute Gasteiger partial charge is 0.485 e. The van der Waals surface area contributed by atoms with Crippen molar-refractivity contribution in [2.45, 2.75) is 40.1 Å². The molecule has 1 rings (SSSR count). The maximum atomic E-state index is 10.7. The van der Waals surface area contributed by atoms with Gasteiger partial charge in [0.05, 0.1) is 0 Å². The van der Waals surface area contributed by atoms with E-state index in [2.05, 4.69) is 54.6 Å². The molecule has 0 spiro atoms. The third kappa shape index (κ3) is 11.1. The summed E-state index contributed by atoms with van der Waals surface area (Å²) in [5.74, 6) is 7.34. The van der Waals surface area contributed by atoms with Crippen molar-refractivity contribution in [2.24, 2.45) is 0 Å². The molecule has 0 amide bonds.